The average Bonchev–Trinajstić information content (AvgIpc) is 3.20. The Balaban J connectivity index is 1.51. The number of nitrogens with one attached hydrogen (secondary N) is 1. The van der Waals surface area contributed by atoms with E-state index in [0.717, 1.165) is 64.6 Å². The summed E-state index contributed by atoms with van der Waals surface area (Å²) in [5, 5.41) is 13.2. The lowest BCUT2D eigenvalue weighted by Crippen LogP contribution is -2.56. The van der Waals surface area contributed by atoms with Crippen LogP contribution in [0.3, 0.4) is 0 Å². The second kappa shape index (κ2) is 6.63. The molecule has 0 radical (unpaired) electrons. The Hall–Kier alpha value is -0.650. The van der Waals surface area contributed by atoms with E-state index in [2.05, 4.69) is 5.32 Å². The maximum absolute atomic E-state index is 11.8. The van der Waals surface area contributed by atoms with Crippen molar-refractivity contribution in [2.24, 2.45) is 5.92 Å². The van der Waals surface area contributed by atoms with E-state index in [1.165, 1.54) is 0 Å². The van der Waals surface area contributed by atoms with Crippen LogP contribution in [0.4, 0.5) is 0 Å². The molecule has 3 rings (SSSR count). The molecule has 0 spiro atoms. The fourth-order valence-corrected chi connectivity index (χ4v) is 3.81. The van der Waals surface area contributed by atoms with Crippen molar-refractivity contribution in [3.8, 4) is 0 Å². The monoisotopic (exact) mass is 297 g/mol. The number of carboxylic acids is 1. The summed E-state index contributed by atoms with van der Waals surface area (Å²) in [4.78, 5) is 11.8. The van der Waals surface area contributed by atoms with E-state index in [1.807, 2.05) is 0 Å². The van der Waals surface area contributed by atoms with Crippen LogP contribution in [-0.2, 0) is 14.3 Å². The second-order valence-corrected chi connectivity index (χ2v) is 6.76. The molecule has 1 aliphatic heterocycles. The van der Waals surface area contributed by atoms with Crippen LogP contribution in [-0.4, -0.2) is 48.6 Å². The summed E-state index contributed by atoms with van der Waals surface area (Å²) in [6, 6.07) is 0.429. The van der Waals surface area contributed by atoms with Crippen molar-refractivity contribution in [3.05, 3.63) is 0 Å². The first-order valence-corrected chi connectivity index (χ1v) is 8.41. The van der Waals surface area contributed by atoms with Gasteiger partial charge in [0.1, 0.15) is 5.54 Å². The molecule has 0 aromatic carbocycles. The molecule has 0 bridgehead atoms. The zero-order chi connectivity index (χ0) is 14.7. The van der Waals surface area contributed by atoms with E-state index in [9.17, 15) is 9.90 Å². The number of hydrogen-bond donors (Lipinski definition) is 2. The lowest BCUT2D eigenvalue weighted by molar-refractivity contribution is -0.147. The Labute approximate surface area is 126 Å². The van der Waals surface area contributed by atoms with Gasteiger partial charge >= 0.3 is 5.97 Å². The third-order valence-corrected chi connectivity index (χ3v) is 5.23. The summed E-state index contributed by atoms with van der Waals surface area (Å²) in [6.45, 7) is 2.25. The highest BCUT2D eigenvalue weighted by Crippen LogP contribution is 2.40. The van der Waals surface area contributed by atoms with Crippen molar-refractivity contribution in [2.45, 2.75) is 69.1 Å². The van der Waals surface area contributed by atoms with E-state index in [-0.39, 0.29) is 5.92 Å². The fraction of sp³-hybridized carbons (Fsp3) is 0.938. The predicted molar refractivity (Wildman–Crippen MR) is 78.3 cm³/mol. The lowest BCUT2D eigenvalue weighted by Gasteiger charge is -2.33. The Morgan fingerprint density at radius 3 is 2.67 bits per heavy atom. The first-order valence-electron chi connectivity index (χ1n) is 8.41. The van der Waals surface area contributed by atoms with Gasteiger partial charge in [-0.2, -0.15) is 0 Å². The normalized spacial score (nSPS) is 34.2. The van der Waals surface area contributed by atoms with Crippen LogP contribution in [0.5, 0.6) is 0 Å². The predicted octanol–water partition coefficient (Wildman–Crippen LogP) is 1.95. The van der Waals surface area contributed by atoms with Crippen LogP contribution >= 0.6 is 0 Å². The molecule has 2 aliphatic carbocycles. The third kappa shape index (κ3) is 3.58. The molecule has 2 N–H and O–H groups in total. The number of hydrogen-bond acceptors (Lipinski definition) is 4. The zero-order valence-corrected chi connectivity index (χ0v) is 12.7. The van der Waals surface area contributed by atoms with Crippen LogP contribution in [0.15, 0.2) is 0 Å². The van der Waals surface area contributed by atoms with Crippen LogP contribution in [0.1, 0.15) is 51.4 Å². The highest BCUT2D eigenvalue weighted by Gasteiger charge is 2.51. The Morgan fingerprint density at radius 2 is 2.00 bits per heavy atom. The van der Waals surface area contributed by atoms with Crippen LogP contribution in [0.2, 0.25) is 0 Å². The Kier molecular flexibility index (Phi) is 4.82. The molecule has 21 heavy (non-hydrogen) atoms. The molecule has 0 amide bonds. The number of rotatable bonds is 7. The topological polar surface area (TPSA) is 67.8 Å². The first-order chi connectivity index (χ1) is 10.2. The van der Waals surface area contributed by atoms with Gasteiger partial charge in [-0.25, -0.2) is 0 Å². The number of carboxylic acid groups (broad SMARTS) is 1. The van der Waals surface area contributed by atoms with E-state index < -0.39 is 11.5 Å². The Bertz CT molecular complexity index is 365. The van der Waals surface area contributed by atoms with Crippen molar-refractivity contribution < 1.29 is 19.4 Å². The summed E-state index contributed by atoms with van der Waals surface area (Å²) >= 11 is 0. The van der Waals surface area contributed by atoms with Crippen molar-refractivity contribution >= 4 is 5.97 Å². The third-order valence-electron chi connectivity index (χ3n) is 5.23. The van der Waals surface area contributed by atoms with Crippen LogP contribution in [0.25, 0.3) is 0 Å². The van der Waals surface area contributed by atoms with Gasteiger partial charge in [0.25, 0.3) is 0 Å². The molecular weight excluding hydrogens is 270 g/mol. The van der Waals surface area contributed by atoms with Gasteiger partial charge in [-0.15, -0.1) is 0 Å². The van der Waals surface area contributed by atoms with Gasteiger partial charge in [0.2, 0.25) is 0 Å². The molecule has 3 fully saturated rings. The van der Waals surface area contributed by atoms with Crippen LogP contribution < -0.4 is 5.32 Å². The molecule has 2 atom stereocenters. The SMILES string of the molecule is O=C(O)C1(NC2CC2)CCCC1CCOC1CCOCC1. The van der Waals surface area contributed by atoms with Crippen molar-refractivity contribution in [1.82, 2.24) is 5.32 Å². The maximum atomic E-state index is 11.8. The smallest absolute Gasteiger partial charge is 0.324 e. The molecule has 1 saturated heterocycles. The van der Waals surface area contributed by atoms with Crippen molar-refractivity contribution in [1.29, 1.82) is 0 Å². The van der Waals surface area contributed by atoms with Gasteiger partial charge in [0, 0.05) is 25.9 Å². The van der Waals surface area contributed by atoms with Gasteiger partial charge < -0.3 is 14.6 Å². The zero-order valence-electron chi connectivity index (χ0n) is 12.7. The van der Waals surface area contributed by atoms with Gasteiger partial charge in [-0.1, -0.05) is 6.42 Å². The number of aliphatic carboxylic acids is 1. The van der Waals surface area contributed by atoms with Crippen LogP contribution in [0, 0.1) is 5.92 Å². The number of carbonyl (C=O) groups is 1. The van der Waals surface area contributed by atoms with Gasteiger partial charge in [0.05, 0.1) is 6.10 Å². The van der Waals surface area contributed by atoms with Gasteiger partial charge in [0.15, 0.2) is 0 Å². The lowest BCUT2D eigenvalue weighted by atomic mass is 9.84. The highest BCUT2D eigenvalue weighted by atomic mass is 16.5. The molecule has 0 aromatic heterocycles. The second-order valence-electron chi connectivity index (χ2n) is 6.76. The molecule has 3 aliphatic rings. The molecule has 2 saturated carbocycles. The van der Waals surface area contributed by atoms with E-state index >= 15 is 0 Å². The standard InChI is InChI=1S/C16H27NO4/c18-15(19)16(17-13-3-4-13)8-1-2-12(16)5-11-21-14-6-9-20-10-7-14/h12-14,17H,1-11H2,(H,18,19). The molecule has 1 heterocycles. The van der Waals surface area contributed by atoms with Gasteiger partial charge in [-0.3, -0.25) is 10.1 Å². The van der Waals surface area contributed by atoms with Crippen molar-refractivity contribution in [3.63, 3.8) is 0 Å². The summed E-state index contributed by atoms with van der Waals surface area (Å²) in [7, 11) is 0. The summed E-state index contributed by atoms with van der Waals surface area (Å²) in [5.41, 5.74) is -0.694. The molecule has 5 heteroatoms. The van der Waals surface area contributed by atoms with E-state index in [1.54, 1.807) is 0 Å². The highest BCUT2D eigenvalue weighted by molar-refractivity contribution is 5.80. The minimum absolute atomic E-state index is 0.204. The summed E-state index contributed by atoms with van der Waals surface area (Å²) in [6.07, 6.45) is 8.11. The quantitative estimate of drug-likeness (QED) is 0.752. The molecule has 5 nitrogen and oxygen atoms in total. The molecule has 0 aromatic rings. The summed E-state index contributed by atoms with van der Waals surface area (Å²) in [5.74, 6) is -0.460. The Morgan fingerprint density at radius 1 is 1.24 bits per heavy atom. The largest absolute Gasteiger partial charge is 0.480 e. The average molecular weight is 297 g/mol. The first kappa shape index (κ1) is 15.3. The van der Waals surface area contributed by atoms with E-state index in [4.69, 9.17) is 9.47 Å². The van der Waals surface area contributed by atoms with E-state index in [0.29, 0.717) is 18.8 Å². The molecular formula is C16H27NO4. The maximum Gasteiger partial charge on any atom is 0.324 e. The summed E-state index contributed by atoms with van der Waals surface area (Å²) < 4.78 is 11.3. The van der Waals surface area contributed by atoms with Gasteiger partial charge in [-0.05, 0) is 50.9 Å². The fourth-order valence-electron chi connectivity index (χ4n) is 3.81. The molecule has 2 unspecified atom stereocenters. The van der Waals surface area contributed by atoms with Crippen molar-refractivity contribution in [2.75, 3.05) is 19.8 Å². The minimum Gasteiger partial charge on any atom is -0.480 e. The minimum atomic E-state index is -0.694. The molecule has 120 valence electrons. The number of ether oxygens (including phenoxy) is 2.